The van der Waals surface area contributed by atoms with Gasteiger partial charge >= 0.3 is 0 Å². The van der Waals surface area contributed by atoms with Gasteiger partial charge in [-0.25, -0.2) is 0 Å². The maximum Gasteiger partial charge on any atom is 0.220 e. The van der Waals surface area contributed by atoms with Crippen molar-refractivity contribution in [2.45, 2.75) is 38.5 Å². The van der Waals surface area contributed by atoms with Crippen molar-refractivity contribution in [2.75, 3.05) is 13.2 Å². The minimum atomic E-state index is -0.365. The van der Waals surface area contributed by atoms with Crippen LogP contribution < -0.4 is 5.32 Å². The highest BCUT2D eigenvalue weighted by molar-refractivity contribution is 5.79. The van der Waals surface area contributed by atoms with Crippen LogP contribution in [0.5, 0.6) is 0 Å². The molecule has 4 heteroatoms. The molecule has 2 N–H and O–H groups in total. The Morgan fingerprint density at radius 3 is 2.45 bits per heavy atom. The third kappa shape index (κ3) is 7.69. The first-order valence-electron chi connectivity index (χ1n) is 7.15. The van der Waals surface area contributed by atoms with Gasteiger partial charge in [0.15, 0.2) is 5.78 Å². The Kier molecular flexibility index (Phi) is 8.31. The molecule has 0 fully saturated rings. The Morgan fingerprint density at radius 1 is 1.00 bits per heavy atom. The van der Waals surface area contributed by atoms with Crippen molar-refractivity contribution in [3.05, 3.63) is 35.9 Å². The molecular weight excluding hydrogens is 254 g/mol. The highest BCUT2D eigenvalue weighted by atomic mass is 16.3. The second kappa shape index (κ2) is 10.1. The third-order valence-electron chi connectivity index (χ3n) is 3.11. The Labute approximate surface area is 120 Å². The Bertz CT molecular complexity index is 403. The molecule has 0 unspecified atom stereocenters. The number of ketones is 1. The number of benzene rings is 1. The number of amides is 1. The van der Waals surface area contributed by atoms with Crippen LogP contribution in [0.2, 0.25) is 0 Å². The Balaban J connectivity index is 1.99. The van der Waals surface area contributed by atoms with Crippen LogP contribution in [0.15, 0.2) is 30.3 Å². The van der Waals surface area contributed by atoms with Crippen LogP contribution in [0.4, 0.5) is 0 Å². The fourth-order valence-electron chi connectivity index (χ4n) is 1.92. The van der Waals surface area contributed by atoms with Crippen molar-refractivity contribution in [3.63, 3.8) is 0 Å². The van der Waals surface area contributed by atoms with Crippen molar-refractivity contribution >= 4 is 11.7 Å². The topological polar surface area (TPSA) is 66.4 Å². The molecule has 0 aliphatic carbocycles. The zero-order valence-electron chi connectivity index (χ0n) is 11.8. The molecule has 0 aliphatic rings. The van der Waals surface area contributed by atoms with E-state index in [1.54, 1.807) is 0 Å². The molecule has 0 saturated carbocycles. The number of carbonyl (C=O) groups is 2. The first kappa shape index (κ1) is 16.4. The molecule has 0 aromatic heterocycles. The number of hydrogen-bond donors (Lipinski definition) is 2. The second-order valence-corrected chi connectivity index (χ2v) is 4.84. The van der Waals surface area contributed by atoms with E-state index in [0.29, 0.717) is 19.4 Å². The zero-order valence-corrected chi connectivity index (χ0v) is 11.8. The standard InChI is InChI=1S/C16H23NO3/c18-13-15(19)9-5-2-6-12-17-16(20)11-10-14-7-3-1-4-8-14/h1,3-4,7-8,18H,2,5-6,9-13H2,(H,17,20). The van der Waals surface area contributed by atoms with Gasteiger partial charge in [0.25, 0.3) is 0 Å². The summed E-state index contributed by atoms with van der Waals surface area (Å²) in [6.45, 7) is 0.289. The highest BCUT2D eigenvalue weighted by Crippen LogP contribution is 2.03. The summed E-state index contributed by atoms with van der Waals surface area (Å²) in [5.74, 6) is -0.0443. The van der Waals surface area contributed by atoms with E-state index < -0.39 is 0 Å². The molecule has 4 nitrogen and oxygen atoms in total. The summed E-state index contributed by atoms with van der Waals surface area (Å²) in [5, 5.41) is 11.4. The lowest BCUT2D eigenvalue weighted by molar-refractivity contribution is -0.122. The van der Waals surface area contributed by atoms with Crippen LogP contribution in [0.1, 0.15) is 37.7 Å². The smallest absolute Gasteiger partial charge is 0.220 e. The molecular formula is C16H23NO3. The normalized spacial score (nSPS) is 10.2. The minimum Gasteiger partial charge on any atom is -0.389 e. The van der Waals surface area contributed by atoms with Crippen LogP contribution in [0.3, 0.4) is 0 Å². The summed E-state index contributed by atoms with van der Waals surface area (Å²) in [6.07, 6.45) is 4.24. The molecule has 110 valence electrons. The number of aliphatic hydroxyl groups excluding tert-OH is 1. The van der Waals surface area contributed by atoms with E-state index in [1.807, 2.05) is 30.3 Å². The van der Waals surface area contributed by atoms with Crippen LogP contribution in [-0.4, -0.2) is 29.9 Å². The van der Waals surface area contributed by atoms with E-state index in [-0.39, 0.29) is 18.3 Å². The molecule has 1 amide bonds. The monoisotopic (exact) mass is 277 g/mol. The predicted octanol–water partition coefficient (Wildman–Crippen LogP) is 1.86. The molecule has 0 atom stereocenters. The molecule has 0 saturated heterocycles. The molecule has 0 bridgehead atoms. The fraction of sp³-hybridized carbons (Fsp3) is 0.500. The van der Waals surface area contributed by atoms with Crippen molar-refractivity contribution in [2.24, 2.45) is 0 Å². The lowest BCUT2D eigenvalue weighted by Gasteiger charge is -2.05. The second-order valence-electron chi connectivity index (χ2n) is 4.84. The van der Waals surface area contributed by atoms with E-state index in [2.05, 4.69) is 5.32 Å². The molecule has 0 spiro atoms. The summed E-state index contributed by atoms with van der Waals surface area (Å²) in [5.41, 5.74) is 1.17. The van der Waals surface area contributed by atoms with Gasteiger partial charge in [0.2, 0.25) is 5.91 Å². The van der Waals surface area contributed by atoms with Crippen LogP contribution in [0, 0.1) is 0 Å². The van der Waals surface area contributed by atoms with Gasteiger partial charge in [-0.15, -0.1) is 0 Å². The van der Waals surface area contributed by atoms with Gasteiger partial charge in [-0.1, -0.05) is 36.8 Å². The van der Waals surface area contributed by atoms with Crippen LogP contribution in [-0.2, 0) is 16.0 Å². The van der Waals surface area contributed by atoms with E-state index >= 15 is 0 Å². The van der Waals surface area contributed by atoms with Crippen molar-refractivity contribution < 1.29 is 14.7 Å². The average Bonchev–Trinajstić information content (AvgIpc) is 2.49. The molecule has 1 rings (SSSR count). The van der Waals surface area contributed by atoms with Gasteiger partial charge in [0.1, 0.15) is 6.61 Å². The fourth-order valence-corrected chi connectivity index (χ4v) is 1.92. The van der Waals surface area contributed by atoms with Gasteiger partial charge in [-0.05, 0) is 24.8 Å². The highest BCUT2D eigenvalue weighted by Gasteiger charge is 2.02. The Hall–Kier alpha value is -1.68. The van der Waals surface area contributed by atoms with Crippen LogP contribution >= 0.6 is 0 Å². The number of aliphatic hydroxyl groups is 1. The third-order valence-corrected chi connectivity index (χ3v) is 3.11. The predicted molar refractivity (Wildman–Crippen MR) is 78.3 cm³/mol. The van der Waals surface area contributed by atoms with Crippen molar-refractivity contribution in [1.29, 1.82) is 0 Å². The molecule has 0 heterocycles. The van der Waals surface area contributed by atoms with Crippen LogP contribution in [0.25, 0.3) is 0 Å². The van der Waals surface area contributed by atoms with E-state index in [4.69, 9.17) is 5.11 Å². The first-order valence-corrected chi connectivity index (χ1v) is 7.15. The van der Waals surface area contributed by atoms with Gasteiger partial charge in [-0.3, -0.25) is 9.59 Å². The van der Waals surface area contributed by atoms with E-state index in [9.17, 15) is 9.59 Å². The summed E-state index contributed by atoms with van der Waals surface area (Å²) >= 11 is 0. The van der Waals surface area contributed by atoms with Gasteiger partial charge in [0.05, 0.1) is 0 Å². The molecule has 1 aromatic carbocycles. The summed E-state index contributed by atoms with van der Waals surface area (Å²) in [7, 11) is 0. The molecule has 0 aliphatic heterocycles. The van der Waals surface area contributed by atoms with Gasteiger partial charge in [-0.2, -0.15) is 0 Å². The number of Topliss-reactive ketones (excluding diaryl/α,β-unsaturated/α-hetero) is 1. The van der Waals surface area contributed by atoms with E-state index in [1.165, 1.54) is 5.56 Å². The van der Waals surface area contributed by atoms with Gasteiger partial charge < -0.3 is 10.4 Å². The summed E-state index contributed by atoms with van der Waals surface area (Å²) < 4.78 is 0. The quantitative estimate of drug-likeness (QED) is 0.641. The number of carbonyl (C=O) groups excluding carboxylic acids is 2. The number of rotatable bonds is 10. The maximum absolute atomic E-state index is 11.6. The van der Waals surface area contributed by atoms with Crippen molar-refractivity contribution in [3.8, 4) is 0 Å². The lowest BCUT2D eigenvalue weighted by atomic mass is 10.1. The number of unbranched alkanes of at least 4 members (excludes halogenated alkanes) is 2. The zero-order chi connectivity index (χ0) is 14.6. The molecule has 0 radical (unpaired) electrons. The van der Waals surface area contributed by atoms with E-state index in [0.717, 1.165) is 25.7 Å². The first-order chi connectivity index (χ1) is 9.72. The summed E-state index contributed by atoms with van der Waals surface area (Å²) in [6, 6.07) is 9.95. The average molecular weight is 277 g/mol. The van der Waals surface area contributed by atoms with Gasteiger partial charge in [0, 0.05) is 19.4 Å². The number of aryl methyl sites for hydroxylation is 1. The maximum atomic E-state index is 11.6. The SMILES string of the molecule is O=C(CO)CCCCCNC(=O)CCc1ccccc1. The Morgan fingerprint density at radius 2 is 1.75 bits per heavy atom. The van der Waals surface area contributed by atoms with Crippen molar-refractivity contribution in [1.82, 2.24) is 5.32 Å². The number of hydrogen-bond acceptors (Lipinski definition) is 3. The lowest BCUT2D eigenvalue weighted by Crippen LogP contribution is -2.24. The summed E-state index contributed by atoms with van der Waals surface area (Å²) in [4.78, 5) is 22.5. The molecule has 1 aromatic rings. The minimum absolute atomic E-state index is 0.0697. The molecule has 20 heavy (non-hydrogen) atoms. The number of nitrogens with one attached hydrogen (secondary N) is 1. The largest absolute Gasteiger partial charge is 0.389 e.